The third-order valence-electron chi connectivity index (χ3n) is 3.90. The van der Waals surface area contributed by atoms with Crippen LogP contribution in [0.2, 0.25) is 0 Å². The summed E-state index contributed by atoms with van der Waals surface area (Å²) in [6.45, 7) is 11.4. The van der Waals surface area contributed by atoms with E-state index in [4.69, 9.17) is 14.0 Å². The van der Waals surface area contributed by atoms with Crippen molar-refractivity contribution in [3.8, 4) is 0 Å². The molecule has 0 saturated carbocycles. The number of carbonyl (C=O) groups is 1. The molecule has 0 bridgehead atoms. The van der Waals surface area contributed by atoms with Gasteiger partial charge in [0.05, 0.1) is 23.3 Å². The monoisotopic (exact) mass is 272 g/mol. The Bertz CT molecular complexity index is 322. The van der Waals surface area contributed by atoms with E-state index >= 15 is 0 Å². The molecule has 0 amide bonds. The van der Waals surface area contributed by atoms with Crippen LogP contribution >= 0.6 is 0 Å². The first kappa shape index (κ1) is 16.5. The fourth-order valence-electron chi connectivity index (χ4n) is 1.80. The van der Waals surface area contributed by atoms with Crippen molar-refractivity contribution >= 4 is 13.1 Å². The molecule has 1 aliphatic heterocycles. The lowest BCUT2D eigenvalue weighted by atomic mass is 9.66. The van der Waals surface area contributed by atoms with Crippen molar-refractivity contribution in [3.05, 3.63) is 0 Å². The van der Waals surface area contributed by atoms with E-state index in [-0.39, 0.29) is 18.8 Å². The maximum atomic E-state index is 11.3. The fourth-order valence-corrected chi connectivity index (χ4v) is 1.80. The minimum Gasteiger partial charge on any atom is -0.466 e. The summed E-state index contributed by atoms with van der Waals surface area (Å²) in [6, 6.07) is 0. The van der Waals surface area contributed by atoms with Crippen molar-refractivity contribution in [1.82, 2.24) is 0 Å². The van der Waals surface area contributed by atoms with Crippen LogP contribution in [-0.4, -0.2) is 41.5 Å². The average Bonchev–Trinajstić information content (AvgIpc) is 2.47. The quantitative estimate of drug-likeness (QED) is 0.609. The molecule has 0 spiro atoms. The maximum Gasteiger partial charge on any atom is 0.491 e. The third kappa shape index (κ3) is 3.71. The number of hydrogen-bond donors (Lipinski definition) is 1. The maximum absolute atomic E-state index is 11.3. The highest BCUT2D eigenvalue weighted by atomic mass is 16.7. The summed E-state index contributed by atoms with van der Waals surface area (Å²) in [5, 5.41) is 10.4. The molecule has 110 valence electrons. The van der Waals surface area contributed by atoms with Gasteiger partial charge in [0.15, 0.2) is 0 Å². The van der Waals surface area contributed by atoms with Crippen molar-refractivity contribution in [2.24, 2.45) is 0 Å². The summed E-state index contributed by atoms with van der Waals surface area (Å²) in [5.74, 6) is -0.320. The van der Waals surface area contributed by atoms with Crippen molar-refractivity contribution in [3.63, 3.8) is 0 Å². The topological polar surface area (TPSA) is 65.0 Å². The van der Waals surface area contributed by atoms with Crippen LogP contribution in [0.4, 0.5) is 0 Å². The second kappa shape index (κ2) is 5.42. The van der Waals surface area contributed by atoms with E-state index in [1.165, 1.54) is 0 Å². The highest BCUT2D eigenvalue weighted by Gasteiger charge is 2.57. The number of hydrogen-bond acceptors (Lipinski definition) is 5. The van der Waals surface area contributed by atoms with E-state index in [0.717, 1.165) is 0 Å². The van der Waals surface area contributed by atoms with E-state index in [0.29, 0.717) is 6.61 Å². The lowest BCUT2D eigenvalue weighted by Gasteiger charge is -2.32. The molecule has 1 unspecified atom stereocenters. The second-order valence-corrected chi connectivity index (χ2v) is 6.25. The molecule has 1 heterocycles. The first-order valence-corrected chi connectivity index (χ1v) is 6.75. The highest BCUT2D eigenvalue weighted by molar-refractivity contribution is 6.49. The Labute approximate surface area is 115 Å². The minimum atomic E-state index is -1.22. The van der Waals surface area contributed by atoms with Crippen molar-refractivity contribution < 1.29 is 23.9 Å². The summed E-state index contributed by atoms with van der Waals surface area (Å²) >= 11 is 0. The summed E-state index contributed by atoms with van der Waals surface area (Å²) in [6.07, 6.45) is 0.383. The molecule has 1 fully saturated rings. The predicted octanol–water partition coefficient (Wildman–Crippen LogP) is 1.71. The van der Waals surface area contributed by atoms with Crippen LogP contribution in [0.5, 0.6) is 0 Å². The van der Waals surface area contributed by atoms with Crippen LogP contribution in [0.25, 0.3) is 0 Å². The van der Waals surface area contributed by atoms with Gasteiger partial charge in [0, 0.05) is 6.42 Å². The van der Waals surface area contributed by atoms with Crippen LogP contribution in [0.15, 0.2) is 0 Å². The molecule has 1 N–H and O–H groups in total. The van der Waals surface area contributed by atoms with Gasteiger partial charge in [0.2, 0.25) is 0 Å². The normalized spacial score (nSPS) is 24.1. The fraction of sp³-hybridized carbons (Fsp3) is 0.923. The van der Waals surface area contributed by atoms with Gasteiger partial charge in [0.1, 0.15) is 0 Å². The van der Waals surface area contributed by atoms with Gasteiger partial charge < -0.3 is 19.2 Å². The molecule has 1 aliphatic rings. The molecule has 19 heavy (non-hydrogen) atoms. The lowest BCUT2D eigenvalue weighted by Crippen LogP contribution is -2.46. The molecule has 1 saturated heterocycles. The SMILES string of the molecule is CCOC(=O)CCC(C)(O)B1OC(C)(C)C(C)(C)O1. The Morgan fingerprint density at radius 2 is 1.74 bits per heavy atom. The molecule has 0 aromatic rings. The van der Waals surface area contributed by atoms with Gasteiger partial charge >= 0.3 is 13.1 Å². The smallest absolute Gasteiger partial charge is 0.466 e. The highest BCUT2D eigenvalue weighted by Crippen LogP contribution is 2.40. The van der Waals surface area contributed by atoms with Crippen molar-refractivity contribution in [2.45, 2.75) is 71.1 Å². The number of aliphatic hydroxyl groups is 1. The molecule has 0 aromatic heterocycles. The Hall–Kier alpha value is -0.585. The molecule has 0 aliphatic carbocycles. The zero-order valence-electron chi connectivity index (χ0n) is 12.8. The van der Waals surface area contributed by atoms with Crippen molar-refractivity contribution in [1.29, 1.82) is 0 Å². The molecule has 5 nitrogen and oxygen atoms in total. The summed E-state index contributed by atoms with van der Waals surface area (Å²) in [5.41, 5.74) is -2.21. The largest absolute Gasteiger partial charge is 0.491 e. The van der Waals surface area contributed by atoms with Crippen LogP contribution < -0.4 is 0 Å². The van der Waals surface area contributed by atoms with Crippen LogP contribution in [-0.2, 0) is 18.8 Å². The Balaban J connectivity index is 2.62. The van der Waals surface area contributed by atoms with Gasteiger partial charge in [-0.3, -0.25) is 4.79 Å². The van der Waals surface area contributed by atoms with Gasteiger partial charge in [0.25, 0.3) is 0 Å². The minimum absolute atomic E-state index is 0.144. The summed E-state index contributed by atoms with van der Waals surface area (Å²) in [7, 11) is -0.744. The average molecular weight is 272 g/mol. The second-order valence-electron chi connectivity index (χ2n) is 6.25. The van der Waals surface area contributed by atoms with Gasteiger partial charge in [-0.2, -0.15) is 0 Å². The van der Waals surface area contributed by atoms with Gasteiger partial charge in [-0.15, -0.1) is 0 Å². The lowest BCUT2D eigenvalue weighted by molar-refractivity contribution is -0.144. The zero-order valence-corrected chi connectivity index (χ0v) is 12.8. The number of rotatable bonds is 5. The van der Waals surface area contributed by atoms with E-state index in [2.05, 4.69) is 0 Å². The van der Waals surface area contributed by atoms with Crippen molar-refractivity contribution in [2.75, 3.05) is 6.61 Å². The van der Waals surface area contributed by atoms with Gasteiger partial charge in [-0.05, 0) is 48.0 Å². The molecule has 1 atom stereocenters. The van der Waals surface area contributed by atoms with Crippen LogP contribution in [0, 0.1) is 0 Å². The Morgan fingerprint density at radius 3 is 2.16 bits per heavy atom. The summed E-state index contributed by atoms with van der Waals surface area (Å²) < 4.78 is 16.4. The Morgan fingerprint density at radius 1 is 1.26 bits per heavy atom. The number of ether oxygens (including phenoxy) is 1. The van der Waals surface area contributed by atoms with E-state index in [9.17, 15) is 9.90 Å². The van der Waals surface area contributed by atoms with E-state index < -0.39 is 23.8 Å². The first-order chi connectivity index (χ1) is 8.52. The molecule has 1 rings (SSSR count). The number of carbonyl (C=O) groups excluding carboxylic acids is 1. The molecule has 6 heteroatoms. The number of esters is 1. The van der Waals surface area contributed by atoms with Crippen LogP contribution in [0.3, 0.4) is 0 Å². The first-order valence-electron chi connectivity index (χ1n) is 6.75. The third-order valence-corrected chi connectivity index (χ3v) is 3.90. The molecule has 0 radical (unpaired) electrons. The zero-order chi connectivity index (χ0) is 14.9. The van der Waals surface area contributed by atoms with Gasteiger partial charge in [-0.1, -0.05) is 0 Å². The standard InChI is InChI=1S/C13H25BO5/c1-7-17-10(15)8-9-13(6,16)14-18-11(2,3)12(4,5)19-14/h16H,7-9H2,1-6H3. The van der Waals surface area contributed by atoms with E-state index in [1.807, 2.05) is 27.7 Å². The molecular formula is C13H25BO5. The molecular weight excluding hydrogens is 247 g/mol. The van der Waals surface area contributed by atoms with E-state index in [1.54, 1.807) is 13.8 Å². The summed E-state index contributed by atoms with van der Waals surface area (Å²) in [4.78, 5) is 11.3. The molecule has 0 aromatic carbocycles. The van der Waals surface area contributed by atoms with Crippen LogP contribution in [0.1, 0.15) is 54.4 Å². The Kier molecular flexibility index (Phi) is 4.70. The van der Waals surface area contributed by atoms with Gasteiger partial charge in [-0.25, -0.2) is 0 Å². The predicted molar refractivity (Wildman–Crippen MR) is 72.6 cm³/mol.